The first-order valence-electron chi connectivity index (χ1n) is 17.1. The van der Waals surface area contributed by atoms with E-state index < -0.39 is 30.7 Å². The topological polar surface area (TPSA) is 192 Å². The molecule has 0 saturated heterocycles. The van der Waals surface area contributed by atoms with Gasteiger partial charge in [-0.1, -0.05) is 44.2 Å². The van der Waals surface area contributed by atoms with E-state index in [2.05, 4.69) is 76.8 Å². The smallest absolute Gasteiger partial charge is 0.456 e. The van der Waals surface area contributed by atoms with E-state index in [4.69, 9.17) is 10.8 Å². The molecule has 306 valence electrons. The first-order chi connectivity index (χ1) is 23.6. The molecule has 1 rings (SSSR count). The zero-order valence-electron chi connectivity index (χ0n) is 34.0. The number of hydrogen-bond acceptors (Lipinski definition) is 9. The van der Waals surface area contributed by atoms with Crippen molar-refractivity contribution in [2.75, 3.05) is 20.3 Å². The highest BCUT2D eigenvalue weighted by molar-refractivity contribution is 5.82. The summed E-state index contributed by atoms with van der Waals surface area (Å²) in [6, 6.07) is 11.5. The molecule has 0 radical (unpaired) electrons. The number of benzene rings is 1. The van der Waals surface area contributed by atoms with Crippen molar-refractivity contribution in [2.45, 2.75) is 146 Å². The van der Waals surface area contributed by atoms with Gasteiger partial charge in [-0.15, -0.1) is 0 Å². The number of aliphatic hydroxyl groups excluding tert-OH is 1. The summed E-state index contributed by atoms with van der Waals surface area (Å²) in [6.07, 6.45) is -4.76. The van der Waals surface area contributed by atoms with Crippen molar-refractivity contribution in [2.24, 2.45) is 5.73 Å². The van der Waals surface area contributed by atoms with Crippen LogP contribution in [-0.2, 0) is 35.3 Å². The predicted molar refractivity (Wildman–Crippen MR) is 201 cm³/mol. The monoisotopic (exact) mass is 755 g/mol. The number of hydrogen-bond donors (Lipinski definition) is 6. The van der Waals surface area contributed by atoms with Gasteiger partial charge in [-0.25, -0.2) is 0 Å². The summed E-state index contributed by atoms with van der Waals surface area (Å²) in [4.78, 5) is 53.8. The van der Waals surface area contributed by atoms with E-state index in [9.17, 15) is 37.1 Å². The van der Waals surface area contributed by atoms with Gasteiger partial charge < -0.3 is 36.8 Å². The average molecular weight is 755 g/mol. The molecule has 52 heavy (non-hydrogen) atoms. The third kappa shape index (κ3) is 55.6. The number of carbonyl (C=O) groups is 5. The van der Waals surface area contributed by atoms with Crippen LogP contribution in [0.4, 0.5) is 13.2 Å². The molecule has 16 heteroatoms. The fourth-order valence-corrected chi connectivity index (χ4v) is 2.70. The Morgan fingerprint density at radius 1 is 0.731 bits per heavy atom. The Balaban J connectivity index is -0.000000174. The van der Waals surface area contributed by atoms with Crippen LogP contribution < -0.4 is 27.0 Å². The third-order valence-electron chi connectivity index (χ3n) is 4.77. The number of nitrogens with zero attached hydrogens (tertiary/aromatic N) is 1. The molecule has 0 bridgehead atoms. The lowest BCUT2D eigenvalue weighted by Gasteiger charge is -2.20. The lowest BCUT2D eigenvalue weighted by Crippen LogP contribution is -2.40. The lowest BCUT2D eigenvalue weighted by molar-refractivity contribution is -0.174. The minimum atomic E-state index is -4.76. The Kier molecular flexibility index (Phi) is 38.0. The van der Waals surface area contributed by atoms with Crippen molar-refractivity contribution in [3.63, 3.8) is 0 Å². The van der Waals surface area contributed by atoms with Crippen molar-refractivity contribution in [1.29, 1.82) is 0 Å². The molecule has 0 aliphatic rings. The van der Waals surface area contributed by atoms with Crippen LogP contribution in [0.1, 0.15) is 102 Å². The number of halogens is 3. The Hall–Kier alpha value is -3.76. The molecule has 0 spiro atoms. The molecule has 1 aromatic carbocycles. The van der Waals surface area contributed by atoms with Gasteiger partial charge >= 0.3 is 18.1 Å². The number of amides is 4. The van der Waals surface area contributed by atoms with E-state index in [1.165, 1.54) is 33.3 Å². The Morgan fingerprint density at radius 3 is 1.35 bits per heavy atom. The summed E-state index contributed by atoms with van der Waals surface area (Å²) in [5.41, 5.74) is 6.49. The van der Waals surface area contributed by atoms with E-state index in [0.29, 0.717) is 12.1 Å². The fraction of sp³-hybridized carbons (Fsp3) is 0.694. The molecular formula is C36H69F3N6O7. The number of esters is 1. The molecule has 0 heterocycles. The molecule has 7 N–H and O–H groups in total. The van der Waals surface area contributed by atoms with Crippen LogP contribution >= 0.6 is 0 Å². The van der Waals surface area contributed by atoms with E-state index in [1.807, 2.05) is 55.4 Å². The first-order valence-corrected chi connectivity index (χ1v) is 17.1. The number of ether oxygens (including phenoxy) is 1. The normalized spacial score (nSPS) is 10.2. The van der Waals surface area contributed by atoms with Gasteiger partial charge in [0.15, 0.2) is 6.61 Å². The minimum Gasteiger partial charge on any atom is -0.456 e. The molecule has 1 aromatic rings. The summed E-state index contributed by atoms with van der Waals surface area (Å²) < 4.78 is 38.6. The molecule has 0 atom stereocenters. The highest BCUT2D eigenvalue weighted by atomic mass is 19.4. The van der Waals surface area contributed by atoms with Crippen LogP contribution in [-0.4, -0.2) is 102 Å². The number of rotatable bonds is 10. The van der Waals surface area contributed by atoms with Crippen LogP contribution in [0.2, 0.25) is 0 Å². The maximum Gasteiger partial charge on any atom is 0.471 e. The maximum absolute atomic E-state index is 11.4. The van der Waals surface area contributed by atoms with Gasteiger partial charge in [0.1, 0.15) is 6.61 Å². The summed E-state index contributed by atoms with van der Waals surface area (Å²) in [5, 5.41) is 17.6. The second-order valence-corrected chi connectivity index (χ2v) is 13.1. The van der Waals surface area contributed by atoms with Crippen molar-refractivity contribution >= 4 is 29.6 Å². The molecular weight excluding hydrogens is 685 g/mol. The zero-order chi connectivity index (χ0) is 42.2. The molecule has 0 saturated carbocycles. The van der Waals surface area contributed by atoms with Gasteiger partial charge in [-0.05, 0) is 87.9 Å². The molecule has 4 amide bonds. The number of nitrogens with two attached hydrogens (primary N) is 1. The summed E-state index contributed by atoms with van der Waals surface area (Å²) in [5.74, 6) is -2.88. The van der Waals surface area contributed by atoms with Crippen LogP contribution in [0.15, 0.2) is 30.3 Å². The number of aliphatic hydroxyl groups is 1. The lowest BCUT2D eigenvalue weighted by atomic mass is 10.2. The number of nitrogens with one attached hydrogen (secondary N) is 4. The van der Waals surface area contributed by atoms with Gasteiger partial charge in [0.2, 0.25) is 11.8 Å². The molecule has 0 aliphatic carbocycles. The van der Waals surface area contributed by atoms with E-state index >= 15 is 0 Å². The Bertz CT molecular complexity index is 1070. The van der Waals surface area contributed by atoms with E-state index in [0.717, 1.165) is 6.54 Å². The van der Waals surface area contributed by atoms with Gasteiger partial charge in [0, 0.05) is 50.6 Å². The Labute approximate surface area is 310 Å². The van der Waals surface area contributed by atoms with Gasteiger partial charge in [0.05, 0.1) is 0 Å². The summed E-state index contributed by atoms with van der Waals surface area (Å²) >= 11 is 0. The summed E-state index contributed by atoms with van der Waals surface area (Å²) in [6.45, 7) is 25.7. The van der Waals surface area contributed by atoms with Crippen LogP contribution in [0.25, 0.3) is 0 Å². The van der Waals surface area contributed by atoms with Crippen LogP contribution in [0, 0.1) is 0 Å². The second kappa shape index (κ2) is 34.3. The van der Waals surface area contributed by atoms with Gasteiger partial charge in [-0.3, -0.25) is 28.9 Å². The minimum absolute atomic E-state index is 0.0370. The van der Waals surface area contributed by atoms with E-state index in [1.54, 1.807) is 5.32 Å². The molecule has 0 aliphatic heterocycles. The van der Waals surface area contributed by atoms with Crippen molar-refractivity contribution in [1.82, 2.24) is 26.2 Å². The first kappa shape index (κ1) is 57.6. The van der Waals surface area contributed by atoms with Crippen LogP contribution in [0.5, 0.6) is 0 Å². The van der Waals surface area contributed by atoms with Gasteiger partial charge in [0.25, 0.3) is 5.91 Å². The zero-order valence-corrected chi connectivity index (χ0v) is 34.0. The molecule has 13 nitrogen and oxygen atoms in total. The predicted octanol–water partition coefficient (Wildman–Crippen LogP) is 4.06. The Morgan fingerprint density at radius 2 is 1.12 bits per heavy atom. The van der Waals surface area contributed by atoms with Crippen molar-refractivity contribution < 1.29 is 47.0 Å². The third-order valence-corrected chi connectivity index (χ3v) is 4.77. The highest BCUT2D eigenvalue weighted by Gasteiger charge is 2.38. The quantitative estimate of drug-likeness (QED) is 0.191. The highest BCUT2D eigenvalue weighted by Crippen LogP contribution is 2.14. The standard InChI is InChI=1S/C11H17N.C7H13NO3.C5H8F3NO.C5H11NO2.C5H11NO.C3H9N/c1-10(2)12(3)9-11-7-5-4-6-8-11;1-5(2)8-7(10)4-11-6(3)9;1-3(2)9-4(10)5(6,7)8;1-4(2)6-5(8)3-7;1-4(2)6-5(3)7;1-3(2)4/h4-8,10H,9H2,1-3H3;5H,4H2,1-3H3,(H,8,10);3H,1-2H3,(H,9,10);4,7H,3H2,1-2H3,(H,6,8);4H,1-3H3,(H,6,7);3H,4H2,1-2H3. The average Bonchev–Trinajstić information content (AvgIpc) is 2.95. The number of alkyl halides is 3. The SMILES string of the molecule is CC(=O)NC(C)C.CC(=O)OCC(=O)NC(C)C.CC(C)N.CC(C)N(C)Cc1ccccc1.CC(C)NC(=O)C(F)(F)F.CC(C)NC(=O)CO. The van der Waals surface area contributed by atoms with E-state index in [-0.39, 0.29) is 42.5 Å². The fourth-order valence-electron chi connectivity index (χ4n) is 2.70. The van der Waals surface area contributed by atoms with Crippen molar-refractivity contribution in [3.8, 4) is 0 Å². The number of carbonyl (C=O) groups excluding carboxylic acids is 5. The molecule has 0 unspecified atom stereocenters. The largest absolute Gasteiger partial charge is 0.471 e. The van der Waals surface area contributed by atoms with Crippen LogP contribution in [0.3, 0.4) is 0 Å². The van der Waals surface area contributed by atoms with Gasteiger partial charge in [-0.2, -0.15) is 13.2 Å². The second-order valence-electron chi connectivity index (χ2n) is 13.1. The molecule has 0 fully saturated rings. The molecule has 0 aromatic heterocycles. The van der Waals surface area contributed by atoms with Crippen molar-refractivity contribution in [3.05, 3.63) is 35.9 Å². The summed E-state index contributed by atoms with van der Waals surface area (Å²) in [7, 11) is 2.15. The maximum atomic E-state index is 11.4.